The summed E-state index contributed by atoms with van der Waals surface area (Å²) in [5.41, 5.74) is 2.21. The minimum absolute atomic E-state index is 0.171. The maximum Gasteiger partial charge on any atom is 0.258 e. The average Bonchev–Trinajstić information content (AvgIpc) is 3.05. The average molecular weight is 309 g/mol. The van der Waals surface area contributed by atoms with Crippen LogP contribution in [0.25, 0.3) is 11.5 Å². The molecule has 0 fully saturated rings. The van der Waals surface area contributed by atoms with E-state index in [1.54, 1.807) is 42.9 Å². The zero-order chi connectivity index (χ0) is 16.1. The van der Waals surface area contributed by atoms with Crippen LogP contribution in [0.3, 0.4) is 0 Å². The zero-order valence-corrected chi connectivity index (χ0v) is 12.6. The van der Waals surface area contributed by atoms with Crippen LogP contribution < -0.4 is 5.32 Å². The first kappa shape index (κ1) is 14.8. The van der Waals surface area contributed by atoms with E-state index in [0.717, 1.165) is 11.3 Å². The molecule has 0 atom stereocenters. The van der Waals surface area contributed by atoms with Crippen molar-refractivity contribution in [2.45, 2.75) is 13.3 Å². The van der Waals surface area contributed by atoms with Crippen LogP contribution in [0.2, 0.25) is 0 Å². The second kappa shape index (κ2) is 6.78. The van der Waals surface area contributed by atoms with Gasteiger partial charge in [0, 0.05) is 42.8 Å². The van der Waals surface area contributed by atoms with Gasteiger partial charge in [0.05, 0.1) is 5.56 Å². The summed E-state index contributed by atoms with van der Waals surface area (Å²) < 4.78 is 5.19. The highest BCUT2D eigenvalue weighted by Crippen LogP contribution is 2.15. The van der Waals surface area contributed by atoms with Gasteiger partial charge in [-0.25, -0.2) is 0 Å². The first-order chi connectivity index (χ1) is 11.2. The van der Waals surface area contributed by atoms with Gasteiger partial charge in [-0.15, -0.1) is 0 Å². The first-order valence-electron chi connectivity index (χ1n) is 7.16. The van der Waals surface area contributed by atoms with Crippen LogP contribution in [0, 0.1) is 6.92 Å². The number of hydrogen-bond acceptors (Lipinski definition) is 6. The number of pyridine rings is 2. The normalized spacial score (nSPS) is 10.5. The molecule has 3 heterocycles. The summed E-state index contributed by atoms with van der Waals surface area (Å²) in [4.78, 5) is 24.3. The quantitative estimate of drug-likeness (QED) is 0.772. The molecule has 3 rings (SSSR count). The topological polar surface area (TPSA) is 93.8 Å². The molecule has 0 aliphatic heterocycles. The summed E-state index contributed by atoms with van der Waals surface area (Å²) in [6.45, 7) is 2.29. The maximum absolute atomic E-state index is 12.0. The van der Waals surface area contributed by atoms with Crippen molar-refractivity contribution < 1.29 is 9.32 Å². The van der Waals surface area contributed by atoms with Crippen LogP contribution in [0.15, 0.2) is 47.4 Å². The third kappa shape index (κ3) is 3.76. The summed E-state index contributed by atoms with van der Waals surface area (Å²) in [5, 5.41) is 6.71. The molecular weight excluding hydrogens is 294 g/mol. The Morgan fingerprint density at radius 3 is 2.78 bits per heavy atom. The van der Waals surface area contributed by atoms with Gasteiger partial charge in [-0.2, -0.15) is 4.98 Å². The van der Waals surface area contributed by atoms with Crippen molar-refractivity contribution in [2.24, 2.45) is 0 Å². The predicted molar refractivity (Wildman–Crippen MR) is 82.5 cm³/mol. The number of rotatable bonds is 5. The fraction of sp³-hybridized carbons (Fsp3) is 0.188. The van der Waals surface area contributed by atoms with E-state index in [4.69, 9.17) is 4.52 Å². The molecular formula is C16H15N5O2. The van der Waals surface area contributed by atoms with Crippen molar-refractivity contribution in [1.29, 1.82) is 0 Å². The third-order valence-electron chi connectivity index (χ3n) is 3.20. The molecule has 7 heteroatoms. The van der Waals surface area contributed by atoms with Gasteiger partial charge in [0.1, 0.15) is 0 Å². The number of amides is 1. The molecule has 7 nitrogen and oxygen atoms in total. The predicted octanol–water partition coefficient (Wildman–Crippen LogP) is 1.81. The van der Waals surface area contributed by atoms with E-state index in [1.807, 2.05) is 6.92 Å². The number of aryl methyl sites for hydroxylation is 1. The molecule has 0 radical (unpaired) electrons. The Morgan fingerprint density at radius 2 is 2.04 bits per heavy atom. The summed E-state index contributed by atoms with van der Waals surface area (Å²) >= 11 is 0. The van der Waals surface area contributed by atoms with E-state index in [1.165, 1.54) is 0 Å². The Labute approximate surface area is 132 Å². The molecule has 0 aromatic carbocycles. The standard InChI is InChI=1S/C16H15N5O2/c1-11-2-3-13(10-19-11)15(22)18-9-6-14-20-16(23-21-14)12-4-7-17-8-5-12/h2-5,7-8,10H,6,9H2,1H3,(H,18,22). The van der Waals surface area contributed by atoms with Crippen molar-refractivity contribution in [1.82, 2.24) is 25.4 Å². The summed E-state index contributed by atoms with van der Waals surface area (Å²) in [6.07, 6.45) is 5.37. The summed E-state index contributed by atoms with van der Waals surface area (Å²) in [7, 11) is 0. The number of carbonyl (C=O) groups is 1. The molecule has 0 aliphatic carbocycles. The molecule has 3 aromatic rings. The van der Waals surface area contributed by atoms with E-state index >= 15 is 0 Å². The van der Waals surface area contributed by atoms with Crippen LogP contribution >= 0.6 is 0 Å². The maximum atomic E-state index is 12.0. The van der Waals surface area contributed by atoms with Crippen molar-refractivity contribution in [3.05, 3.63) is 59.9 Å². The number of aromatic nitrogens is 4. The molecule has 0 saturated carbocycles. The van der Waals surface area contributed by atoms with Gasteiger partial charge in [-0.1, -0.05) is 5.16 Å². The van der Waals surface area contributed by atoms with Gasteiger partial charge >= 0.3 is 0 Å². The second-order valence-electron chi connectivity index (χ2n) is 4.95. The molecule has 1 amide bonds. The van der Waals surface area contributed by atoms with Crippen molar-refractivity contribution in [2.75, 3.05) is 6.54 Å². The van der Waals surface area contributed by atoms with Gasteiger partial charge in [0.2, 0.25) is 0 Å². The lowest BCUT2D eigenvalue weighted by molar-refractivity contribution is 0.0953. The van der Waals surface area contributed by atoms with Gasteiger partial charge in [0.15, 0.2) is 5.82 Å². The highest BCUT2D eigenvalue weighted by molar-refractivity contribution is 5.93. The molecule has 3 aromatic heterocycles. The van der Waals surface area contributed by atoms with Crippen molar-refractivity contribution in [3.63, 3.8) is 0 Å². The number of hydrogen-bond donors (Lipinski definition) is 1. The zero-order valence-electron chi connectivity index (χ0n) is 12.6. The van der Waals surface area contributed by atoms with Gasteiger partial charge < -0.3 is 9.84 Å². The number of nitrogens with one attached hydrogen (secondary N) is 1. The van der Waals surface area contributed by atoms with E-state index in [-0.39, 0.29) is 5.91 Å². The lowest BCUT2D eigenvalue weighted by Gasteiger charge is -2.03. The minimum Gasteiger partial charge on any atom is -0.352 e. The number of carbonyl (C=O) groups excluding carboxylic acids is 1. The monoisotopic (exact) mass is 309 g/mol. The van der Waals surface area contributed by atoms with E-state index in [9.17, 15) is 4.79 Å². The van der Waals surface area contributed by atoms with E-state index < -0.39 is 0 Å². The van der Waals surface area contributed by atoms with Crippen molar-refractivity contribution in [3.8, 4) is 11.5 Å². The smallest absolute Gasteiger partial charge is 0.258 e. The van der Waals surface area contributed by atoms with Crippen LogP contribution in [0.5, 0.6) is 0 Å². The lowest BCUT2D eigenvalue weighted by Crippen LogP contribution is -2.26. The Balaban J connectivity index is 1.54. The first-order valence-corrected chi connectivity index (χ1v) is 7.16. The van der Waals surface area contributed by atoms with Gasteiger partial charge in [0.25, 0.3) is 11.8 Å². The number of nitrogens with zero attached hydrogens (tertiary/aromatic N) is 4. The minimum atomic E-state index is -0.171. The fourth-order valence-electron chi connectivity index (χ4n) is 1.96. The SMILES string of the molecule is Cc1ccc(C(=O)NCCc2noc(-c3ccncc3)n2)cn1. The summed E-state index contributed by atoms with van der Waals surface area (Å²) in [6, 6.07) is 7.13. The Bertz CT molecular complexity index is 784. The Kier molecular flexibility index (Phi) is 4.37. The molecule has 23 heavy (non-hydrogen) atoms. The second-order valence-corrected chi connectivity index (χ2v) is 4.95. The molecule has 1 N–H and O–H groups in total. The van der Waals surface area contributed by atoms with Gasteiger partial charge in [-0.3, -0.25) is 14.8 Å². The molecule has 0 unspecified atom stereocenters. The Hall–Kier alpha value is -3.09. The molecule has 116 valence electrons. The lowest BCUT2D eigenvalue weighted by atomic mass is 10.2. The summed E-state index contributed by atoms with van der Waals surface area (Å²) in [5.74, 6) is 0.811. The van der Waals surface area contributed by atoms with E-state index in [0.29, 0.717) is 30.2 Å². The molecule has 0 spiro atoms. The molecule has 0 bridgehead atoms. The molecule has 0 aliphatic rings. The highest BCUT2D eigenvalue weighted by atomic mass is 16.5. The van der Waals surface area contributed by atoms with Crippen LogP contribution in [0.1, 0.15) is 21.9 Å². The van der Waals surface area contributed by atoms with Crippen LogP contribution in [0.4, 0.5) is 0 Å². The van der Waals surface area contributed by atoms with Crippen molar-refractivity contribution >= 4 is 5.91 Å². The van der Waals surface area contributed by atoms with E-state index in [2.05, 4.69) is 25.4 Å². The van der Waals surface area contributed by atoms with Gasteiger partial charge in [-0.05, 0) is 31.2 Å². The highest BCUT2D eigenvalue weighted by Gasteiger charge is 2.09. The fourth-order valence-corrected chi connectivity index (χ4v) is 1.96. The Morgan fingerprint density at radius 1 is 1.22 bits per heavy atom. The molecule has 0 saturated heterocycles. The third-order valence-corrected chi connectivity index (χ3v) is 3.20. The largest absolute Gasteiger partial charge is 0.352 e. The van der Waals surface area contributed by atoms with Crippen LogP contribution in [-0.2, 0) is 6.42 Å². The van der Waals surface area contributed by atoms with Crippen LogP contribution in [-0.4, -0.2) is 32.6 Å².